The van der Waals surface area contributed by atoms with Crippen LogP contribution in [0.4, 0.5) is 11.4 Å². The monoisotopic (exact) mass is 362 g/mol. The molecule has 0 aliphatic carbocycles. The molecule has 1 aliphatic heterocycles. The Morgan fingerprint density at radius 2 is 1.77 bits per heavy atom. The maximum absolute atomic E-state index is 12.8. The second-order valence-corrected chi connectivity index (χ2v) is 7.19. The van der Waals surface area contributed by atoms with Gasteiger partial charge < -0.3 is 10.2 Å². The van der Waals surface area contributed by atoms with Gasteiger partial charge in [-0.05, 0) is 29.1 Å². The highest BCUT2D eigenvalue weighted by Crippen LogP contribution is 2.34. The molecule has 0 unspecified atom stereocenters. The Balaban J connectivity index is 1.68. The van der Waals surface area contributed by atoms with Gasteiger partial charge in [-0.25, -0.2) is 0 Å². The predicted molar refractivity (Wildman–Crippen MR) is 105 cm³/mol. The molecule has 2 aromatic carbocycles. The zero-order valence-corrected chi connectivity index (χ0v) is 14.9. The topological polar surface area (TPSA) is 49.4 Å². The largest absolute Gasteiger partial charge is 0.353 e. The van der Waals surface area contributed by atoms with Crippen LogP contribution in [0.1, 0.15) is 21.7 Å². The summed E-state index contributed by atoms with van der Waals surface area (Å²) in [5, 5.41) is 4.83. The molecule has 3 aromatic rings. The average Bonchev–Trinajstić information content (AvgIpc) is 3.20. The number of rotatable bonds is 5. The van der Waals surface area contributed by atoms with Crippen molar-refractivity contribution in [2.75, 3.05) is 10.2 Å². The summed E-state index contributed by atoms with van der Waals surface area (Å²) in [6, 6.07) is 20.9. The first kappa shape index (κ1) is 16.5. The van der Waals surface area contributed by atoms with Gasteiger partial charge >= 0.3 is 0 Å². The Hall–Kier alpha value is -2.92. The fourth-order valence-corrected chi connectivity index (χ4v) is 3.92. The van der Waals surface area contributed by atoms with Crippen molar-refractivity contribution in [2.24, 2.45) is 0 Å². The summed E-state index contributed by atoms with van der Waals surface area (Å²) in [6.45, 7) is 0.577. The standard InChI is InChI=1S/C21H18N2O2S/c24-19(20-11-6-12-26-20)13-18-21(25)22-16-9-4-5-10-17(16)23(18)14-15-7-2-1-3-8-15/h1-12,18H,13-14H2,(H,22,25)/t18-/m1/s1. The maximum Gasteiger partial charge on any atom is 0.247 e. The van der Waals surface area contributed by atoms with Crippen molar-refractivity contribution >= 4 is 34.4 Å². The third-order valence-electron chi connectivity index (χ3n) is 4.52. The minimum absolute atomic E-state index is 0.00223. The van der Waals surface area contributed by atoms with Crippen molar-refractivity contribution in [3.63, 3.8) is 0 Å². The van der Waals surface area contributed by atoms with Gasteiger partial charge in [0.15, 0.2) is 5.78 Å². The molecule has 2 heterocycles. The third-order valence-corrected chi connectivity index (χ3v) is 5.43. The van der Waals surface area contributed by atoms with Crippen molar-refractivity contribution in [1.82, 2.24) is 0 Å². The molecule has 0 bridgehead atoms. The number of hydrogen-bond donors (Lipinski definition) is 1. The van der Waals surface area contributed by atoms with Crippen molar-refractivity contribution in [3.05, 3.63) is 82.6 Å². The van der Waals surface area contributed by atoms with Crippen LogP contribution in [-0.2, 0) is 11.3 Å². The van der Waals surface area contributed by atoms with E-state index in [1.54, 1.807) is 0 Å². The zero-order chi connectivity index (χ0) is 17.9. The van der Waals surface area contributed by atoms with Crippen LogP contribution in [0.15, 0.2) is 72.1 Å². The molecule has 0 fully saturated rings. The van der Waals surface area contributed by atoms with Gasteiger partial charge in [0, 0.05) is 13.0 Å². The molecule has 0 saturated heterocycles. The van der Waals surface area contributed by atoms with Crippen LogP contribution < -0.4 is 10.2 Å². The number of ketones is 1. The fourth-order valence-electron chi connectivity index (χ4n) is 3.25. The highest BCUT2D eigenvalue weighted by Gasteiger charge is 2.34. The molecule has 1 atom stereocenters. The summed E-state index contributed by atoms with van der Waals surface area (Å²) in [5.74, 6) is -0.137. The van der Waals surface area contributed by atoms with E-state index < -0.39 is 6.04 Å². The van der Waals surface area contributed by atoms with E-state index in [4.69, 9.17) is 0 Å². The van der Waals surface area contributed by atoms with Crippen LogP contribution in [0.25, 0.3) is 0 Å². The lowest BCUT2D eigenvalue weighted by Crippen LogP contribution is -2.48. The Labute approximate surface area is 156 Å². The molecule has 0 radical (unpaired) electrons. The van der Waals surface area contributed by atoms with Gasteiger partial charge in [0.05, 0.1) is 16.3 Å². The van der Waals surface area contributed by atoms with Crippen molar-refractivity contribution in [2.45, 2.75) is 19.0 Å². The number of amides is 1. The molecule has 26 heavy (non-hydrogen) atoms. The highest BCUT2D eigenvalue weighted by atomic mass is 32.1. The maximum atomic E-state index is 12.8. The molecular formula is C21H18N2O2S. The van der Waals surface area contributed by atoms with Gasteiger partial charge in [0.25, 0.3) is 0 Å². The number of nitrogens with one attached hydrogen (secondary N) is 1. The summed E-state index contributed by atoms with van der Waals surface area (Å²) in [6.07, 6.45) is 0.160. The number of hydrogen-bond acceptors (Lipinski definition) is 4. The number of benzene rings is 2. The first-order chi connectivity index (χ1) is 12.7. The number of nitrogens with zero attached hydrogens (tertiary/aromatic N) is 1. The minimum Gasteiger partial charge on any atom is -0.353 e. The molecule has 0 saturated carbocycles. The van der Waals surface area contributed by atoms with Crippen LogP contribution in [0, 0.1) is 0 Å². The van der Waals surface area contributed by atoms with Gasteiger partial charge in [-0.2, -0.15) is 0 Å². The SMILES string of the molecule is O=C(C[C@@H]1C(=O)Nc2ccccc2N1Cc1ccccc1)c1cccs1. The summed E-state index contributed by atoms with van der Waals surface area (Å²) < 4.78 is 0. The second kappa shape index (κ2) is 7.14. The molecule has 5 heteroatoms. The van der Waals surface area contributed by atoms with Crippen molar-refractivity contribution < 1.29 is 9.59 Å². The van der Waals surface area contributed by atoms with E-state index in [2.05, 4.69) is 5.32 Å². The van der Waals surface area contributed by atoms with Gasteiger partial charge in [-0.3, -0.25) is 9.59 Å². The van der Waals surface area contributed by atoms with Gasteiger partial charge in [0.1, 0.15) is 6.04 Å². The van der Waals surface area contributed by atoms with E-state index in [0.717, 1.165) is 16.9 Å². The molecule has 4 rings (SSSR count). The number of carbonyl (C=O) groups excluding carboxylic acids is 2. The Kier molecular flexibility index (Phi) is 4.54. The third kappa shape index (κ3) is 3.26. The highest BCUT2D eigenvalue weighted by molar-refractivity contribution is 7.12. The molecule has 130 valence electrons. The van der Waals surface area contributed by atoms with Crippen LogP contribution in [0.2, 0.25) is 0 Å². The summed E-state index contributed by atoms with van der Waals surface area (Å²) in [7, 11) is 0. The van der Waals surface area contributed by atoms with E-state index in [1.807, 2.05) is 77.0 Å². The van der Waals surface area contributed by atoms with Crippen molar-refractivity contribution in [3.8, 4) is 0 Å². The number of anilines is 2. The Morgan fingerprint density at radius 1 is 1.00 bits per heavy atom. The molecule has 1 aromatic heterocycles. The van der Waals surface area contributed by atoms with Gasteiger partial charge in [-0.15, -0.1) is 11.3 Å². The van der Waals surface area contributed by atoms with Gasteiger partial charge in [-0.1, -0.05) is 48.5 Å². The number of Topliss-reactive ketones (excluding diaryl/α,β-unsaturated/α-hetero) is 1. The van der Waals surface area contributed by atoms with Crippen molar-refractivity contribution in [1.29, 1.82) is 0 Å². The first-order valence-corrected chi connectivity index (χ1v) is 9.37. The molecule has 4 nitrogen and oxygen atoms in total. The molecular weight excluding hydrogens is 344 g/mol. The number of thiophene rings is 1. The predicted octanol–water partition coefficient (Wildman–Crippen LogP) is 4.35. The first-order valence-electron chi connectivity index (χ1n) is 8.49. The zero-order valence-electron chi connectivity index (χ0n) is 14.1. The minimum atomic E-state index is -0.528. The molecule has 1 aliphatic rings. The Morgan fingerprint density at radius 3 is 2.54 bits per heavy atom. The number of carbonyl (C=O) groups is 2. The van der Waals surface area contributed by atoms with Crippen LogP contribution in [0.5, 0.6) is 0 Å². The van der Waals surface area contributed by atoms with E-state index >= 15 is 0 Å². The molecule has 0 spiro atoms. The van der Waals surface area contributed by atoms with E-state index in [1.165, 1.54) is 11.3 Å². The van der Waals surface area contributed by atoms with Crippen LogP contribution >= 0.6 is 11.3 Å². The van der Waals surface area contributed by atoms with Gasteiger partial charge in [0.2, 0.25) is 5.91 Å². The van der Waals surface area contributed by atoms with E-state index in [-0.39, 0.29) is 18.1 Å². The number of para-hydroxylation sites is 2. The van der Waals surface area contributed by atoms with Crippen LogP contribution in [0.3, 0.4) is 0 Å². The van der Waals surface area contributed by atoms with E-state index in [0.29, 0.717) is 11.4 Å². The van der Waals surface area contributed by atoms with E-state index in [9.17, 15) is 9.59 Å². The molecule has 1 amide bonds. The lowest BCUT2D eigenvalue weighted by atomic mass is 10.0. The smallest absolute Gasteiger partial charge is 0.247 e. The average molecular weight is 362 g/mol. The molecule has 1 N–H and O–H groups in total. The normalized spacial score (nSPS) is 16.1. The number of fused-ring (bicyclic) bond motifs is 1. The lowest BCUT2D eigenvalue weighted by Gasteiger charge is -2.38. The fraction of sp³-hybridized carbons (Fsp3) is 0.143. The summed E-state index contributed by atoms with van der Waals surface area (Å²) in [4.78, 5) is 28.1. The lowest BCUT2D eigenvalue weighted by molar-refractivity contribution is -0.117. The quantitative estimate of drug-likeness (QED) is 0.687. The van der Waals surface area contributed by atoms with Crippen LogP contribution in [-0.4, -0.2) is 17.7 Å². The summed E-state index contributed by atoms with van der Waals surface area (Å²) >= 11 is 1.41. The Bertz CT molecular complexity index is 922. The summed E-state index contributed by atoms with van der Waals surface area (Å²) in [5.41, 5.74) is 2.83. The second-order valence-electron chi connectivity index (χ2n) is 6.24.